The first-order valence-corrected chi connectivity index (χ1v) is 35.3. The molecule has 3 rings (SSSR count). The van der Waals surface area contributed by atoms with Gasteiger partial charge in [-0.3, -0.25) is 71.9 Å². The van der Waals surface area contributed by atoms with Gasteiger partial charge in [0.05, 0.1) is 12.6 Å². The molecule has 0 aromatic heterocycles. The number of aliphatic hydroxyl groups is 1. The van der Waals surface area contributed by atoms with E-state index in [1.807, 2.05) is 20.8 Å². The van der Waals surface area contributed by atoms with Crippen LogP contribution in [-0.2, 0) is 71.9 Å². The van der Waals surface area contributed by atoms with Gasteiger partial charge >= 0.3 is 0 Å². The van der Waals surface area contributed by atoms with Crippen LogP contribution in [0.1, 0.15) is 216 Å². The van der Waals surface area contributed by atoms with Gasteiger partial charge < -0.3 is 84.0 Å². The molecule has 566 valence electrons. The smallest absolute Gasteiger partial charge is 0.248 e. The number of carbonyl (C=O) groups is 15. The van der Waals surface area contributed by atoms with E-state index in [9.17, 15) is 77.0 Å². The molecular weight excluding hydrogens is 1290 g/mol. The number of primary amides is 1. The second kappa shape index (κ2) is 36.6. The van der Waals surface area contributed by atoms with E-state index >= 15 is 0 Å². The molecule has 3 saturated heterocycles. The Hall–Kier alpha value is -7.99. The normalized spacial score (nSPS) is 19.3. The average molecular weight is 1410 g/mol. The number of amides is 15. The molecule has 100 heavy (non-hydrogen) atoms. The highest BCUT2D eigenvalue weighted by atomic mass is 16.3. The zero-order valence-electron chi connectivity index (χ0n) is 62.8. The maximum absolute atomic E-state index is 14.5. The van der Waals surface area contributed by atoms with Gasteiger partial charge in [-0.05, 0) is 157 Å². The molecule has 31 nitrogen and oxygen atoms in total. The molecule has 3 aliphatic rings. The molecule has 31 heteroatoms. The van der Waals surface area contributed by atoms with Crippen LogP contribution in [0.3, 0.4) is 0 Å². The van der Waals surface area contributed by atoms with Crippen LogP contribution in [0.2, 0.25) is 0 Å². The van der Waals surface area contributed by atoms with Gasteiger partial charge in [-0.1, -0.05) is 68.7 Å². The molecule has 0 spiro atoms. The van der Waals surface area contributed by atoms with Crippen LogP contribution in [0.25, 0.3) is 0 Å². The van der Waals surface area contributed by atoms with Gasteiger partial charge in [-0.2, -0.15) is 0 Å². The minimum atomic E-state index is -1.68. The van der Waals surface area contributed by atoms with Crippen molar-refractivity contribution in [1.29, 1.82) is 0 Å². The molecule has 0 aliphatic carbocycles. The zero-order chi connectivity index (χ0) is 76.5. The van der Waals surface area contributed by atoms with Crippen molar-refractivity contribution in [1.82, 2.24) is 73.2 Å². The number of hydrogen-bond donors (Lipinski definition) is 13. The average Bonchev–Trinajstić information content (AvgIpc) is 1.54. The minimum Gasteiger partial charge on any atom is -0.394 e. The molecule has 3 heterocycles. The molecule has 11 atom stereocenters. The lowest BCUT2D eigenvalue weighted by Gasteiger charge is -2.37. The van der Waals surface area contributed by atoms with Crippen molar-refractivity contribution in [2.75, 3.05) is 26.2 Å². The van der Waals surface area contributed by atoms with E-state index in [4.69, 9.17) is 5.73 Å². The van der Waals surface area contributed by atoms with Crippen LogP contribution in [0.5, 0.6) is 0 Å². The summed E-state index contributed by atoms with van der Waals surface area (Å²) in [7, 11) is 0. The first-order valence-electron chi connectivity index (χ1n) is 35.3. The van der Waals surface area contributed by atoms with Gasteiger partial charge in [-0.15, -0.1) is 0 Å². The summed E-state index contributed by atoms with van der Waals surface area (Å²) in [5.74, 6) is -11.1. The molecule has 0 radical (unpaired) electrons. The summed E-state index contributed by atoms with van der Waals surface area (Å²) < 4.78 is 0. The van der Waals surface area contributed by atoms with Crippen molar-refractivity contribution in [3.05, 3.63) is 0 Å². The fraction of sp³-hybridized carbons (Fsp3) is 0.783. The number of nitrogens with one attached hydrogen (secondary N) is 11. The minimum absolute atomic E-state index is 0.0732. The van der Waals surface area contributed by atoms with Crippen molar-refractivity contribution in [3.63, 3.8) is 0 Å². The maximum atomic E-state index is 14.5. The molecule has 15 amide bonds. The van der Waals surface area contributed by atoms with E-state index in [1.54, 1.807) is 41.5 Å². The maximum Gasteiger partial charge on any atom is 0.248 e. The predicted octanol–water partition coefficient (Wildman–Crippen LogP) is -0.176. The third-order valence-electron chi connectivity index (χ3n) is 18.8. The summed E-state index contributed by atoms with van der Waals surface area (Å²) in [6.45, 7) is 32.0. The summed E-state index contributed by atoms with van der Waals surface area (Å²) in [6, 6.07) is -9.84. The van der Waals surface area contributed by atoms with Crippen LogP contribution in [0.4, 0.5) is 0 Å². The van der Waals surface area contributed by atoms with E-state index in [1.165, 1.54) is 90.9 Å². The van der Waals surface area contributed by atoms with Gasteiger partial charge in [0.2, 0.25) is 88.6 Å². The molecule has 3 fully saturated rings. The number of likely N-dealkylation sites (tertiary alicyclic amines) is 3. The Balaban J connectivity index is 1.69. The van der Waals surface area contributed by atoms with Gasteiger partial charge in [-0.25, -0.2) is 0 Å². The Labute approximate surface area is 589 Å². The van der Waals surface area contributed by atoms with Crippen LogP contribution >= 0.6 is 0 Å². The highest BCUT2D eigenvalue weighted by Gasteiger charge is 2.48. The topological polar surface area (TPSA) is 444 Å². The molecule has 0 saturated carbocycles. The molecule has 0 aromatic rings. The van der Waals surface area contributed by atoms with Gasteiger partial charge in [0.1, 0.15) is 76.0 Å². The van der Waals surface area contributed by atoms with E-state index in [2.05, 4.69) is 58.5 Å². The Kier molecular flexibility index (Phi) is 31.5. The number of hydrogen-bond acceptors (Lipinski definition) is 16. The highest BCUT2D eigenvalue weighted by Crippen LogP contribution is 2.27. The lowest BCUT2D eigenvalue weighted by atomic mass is 9.94. The Morgan fingerprint density at radius 3 is 1.32 bits per heavy atom. The quantitative estimate of drug-likeness (QED) is 0.0387. The molecule has 3 aliphatic heterocycles. The lowest BCUT2D eigenvalue weighted by molar-refractivity contribution is -0.146. The molecule has 0 bridgehead atoms. The molecule has 14 N–H and O–H groups in total. The number of rotatable bonds is 36. The van der Waals surface area contributed by atoms with Crippen LogP contribution in [-0.4, -0.2) is 217 Å². The fourth-order valence-electron chi connectivity index (χ4n) is 12.5. The highest BCUT2D eigenvalue weighted by molar-refractivity contribution is 6.02. The van der Waals surface area contributed by atoms with Crippen molar-refractivity contribution in [2.45, 2.75) is 298 Å². The standard InChI is InChI=1S/C69H119N15O16/c1-21-40(9)51(59(95)81-68(18,19)63(99)83-32-24-27-47(83)56(92)72-43(36-85)34-37(3)4)76-60(96)65(12,13)79-57(93)48-28-25-33-84(48)64(100)67(16,17)80-58(94)50(39(7)8)75-52(88)41(10)71-55(91)46-26-23-31-82(46)62(98)66(14,15)78-54(90)45(35-38(5)6)73-53(89)44(29-30-49(70)87)74-61(97)69(20,22-2)77-42(11)86/h37-41,43-48,50-51,85H,21-36H2,1-20H3,(H2,70,87)(H,71,91)(H,72,92)(H,73,89)(H,74,97)(H,75,88)(H,76,96)(H,77,86)(H,78,90)(H,79,93)(H,80,94)(H,81,95)/t40-,41-,43-,44-,45-,46-,47-,48-,50-,51-,69+/m0/s1. The number of aliphatic hydroxyl groups excluding tert-OH is 1. The molecule has 0 aromatic carbocycles. The van der Waals surface area contributed by atoms with Crippen LogP contribution in [0, 0.1) is 23.7 Å². The van der Waals surface area contributed by atoms with Crippen molar-refractivity contribution in [2.24, 2.45) is 29.4 Å². The number of carbonyl (C=O) groups excluding carboxylic acids is 15. The predicted molar refractivity (Wildman–Crippen MR) is 372 cm³/mol. The summed E-state index contributed by atoms with van der Waals surface area (Å²) in [4.78, 5) is 210. The van der Waals surface area contributed by atoms with E-state index in [0.717, 1.165) is 0 Å². The van der Waals surface area contributed by atoms with E-state index in [-0.39, 0.29) is 76.6 Å². The Morgan fingerprint density at radius 2 is 0.910 bits per heavy atom. The zero-order valence-corrected chi connectivity index (χ0v) is 62.8. The summed E-state index contributed by atoms with van der Waals surface area (Å²) >= 11 is 0. The van der Waals surface area contributed by atoms with Crippen molar-refractivity contribution >= 4 is 88.6 Å². The summed E-state index contributed by atoms with van der Waals surface area (Å²) in [5, 5.41) is 39.6. The van der Waals surface area contributed by atoms with Gasteiger partial charge in [0.15, 0.2) is 0 Å². The monoisotopic (exact) mass is 1410 g/mol. The number of nitrogens with two attached hydrogens (primary N) is 1. The third-order valence-corrected chi connectivity index (χ3v) is 18.8. The SMILES string of the molecule is CC[C@H](C)[C@H](NC(=O)C(C)(C)NC(=O)[C@@H]1CCCN1C(=O)C(C)(C)NC(=O)[C@@H](NC(=O)[C@H](C)NC(=O)[C@@H]1CCCN1C(=O)C(C)(C)NC(=O)[C@H](CC(C)C)NC(=O)[C@H](CCC(N)=O)NC(=O)[C@@](C)(CC)NC(C)=O)C(C)C)C(=O)NC(C)(C)C(=O)N1CCC[C@H]1C(=O)N[C@H](CO)CC(C)C. The summed E-state index contributed by atoms with van der Waals surface area (Å²) in [6.07, 6.45) is 2.74. The number of nitrogens with zero attached hydrogens (tertiary/aromatic N) is 3. The first-order chi connectivity index (χ1) is 46.1. The van der Waals surface area contributed by atoms with Crippen LogP contribution < -0.4 is 64.2 Å². The third kappa shape index (κ3) is 23.8. The van der Waals surface area contributed by atoms with E-state index < -0.39 is 183 Å². The largest absolute Gasteiger partial charge is 0.394 e. The fourth-order valence-corrected chi connectivity index (χ4v) is 12.5. The summed E-state index contributed by atoms with van der Waals surface area (Å²) in [5.41, 5.74) is -2.58. The molecular formula is C69H119N15O16. The van der Waals surface area contributed by atoms with Crippen molar-refractivity contribution in [3.8, 4) is 0 Å². The van der Waals surface area contributed by atoms with Crippen LogP contribution in [0.15, 0.2) is 0 Å². The lowest BCUT2D eigenvalue weighted by Crippen LogP contribution is -2.66. The Bertz CT molecular complexity index is 3010. The van der Waals surface area contributed by atoms with E-state index in [0.29, 0.717) is 38.5 Å². The van der Waals surface area contributed by atoms with Gasteiger partial charge in [0.25, 0.3) is 0 Å². The van der Waals surface area contributed by atoms with Gasteiger partial charge in [0, 0.05) is 33.0 Å². The first kappa shape index (κ1) is 86.2. The Morgan fingerprint density at radius 1 is 0.470 bits per heavy atom. The second-order valence-electron chi connectivity index (χ2n) is 30.8. The van der Waals surface area contributed by atoms with Crippen molar-refractivity contribution < 1.29 is 77.0 Å². The molecule has 0 unspecified atom stereocenters. The second-order valence-corrected chi connectivity index (χ2v) is 30.8.